The van der Waals surface area contributed by atoms with Crippen LogP contribution in [0.3, 0.4) is 0 Å². The van der Waals surface area contributed by atoms with Gasteiger partial charge in [-0.25, -0.2) is 9.18 Å². The number of nitrogens with zero attached hydrogens (tertiary/aromatic N) is 4. The summed E-state index contributed by atoms with van der Waals surface area (Å²) >= 11 is 0. The predicted molar refractivity (Wildman–Crippen MR) is 89.2 cm³/mol. The van der Waals surface area contributed by atoms with Gasteiger partial charge in [0.25, 0.3) is 0 Å². The molecule has 0 unspecified atom stereocenters. The van der Waals surface area contributed by atoms with Crippen molar-refractivity contribution in [2.75, 3.05) is 18.0 Å². The maximum absolute atomic E-state index is 14.3. The van der Waals surface area contributed by atoms with Gasteiger partial charge in [-0.15, -0.1) is 0 Å². The van der Waals surface area contributed by atoms with E-state index in [-0.39, 0.29) is 18.4 Å². The van der Waals surface area contributed by atoms with E-state index in [9.17, 15) is 9.18 Å². The number of amides is 1. The zero-order valence-corrected chi connectivity index (χ0v) is 14.1. The van der Waals surface area contributed by atoms with Gasteiger partial charge < -0.3 is 15.0 Å². The van der Waals surface area contributed by atoms with Crippen molar-refractivity contribution in [2.45, 2.75) is 45.4 Å². The molecule has 1 fully saturated rings. The molecule has 1 atom stereocenters. The molecule has 8 heteroatoms. The Morgan fingerprint density at radius 3 is 2.96 bits per heavy atom. The molecule has 1 aromatic rings. The van der Waals surface area contributed by atoms with E-state index in [0.29, 0.717) is 30.8 Å². The van der Waals surface area contributed by atoms with Crippen molar-refractivity contribution in [2.24, 2.45) is 5.11 Å². The molecule has 0 bridgehead atoms. The second kappa shape index (κ2) is 7.40. The largest absolute Gasteiger partial charge is 0.444 e. The highest BCUT2D eigenvalue weighted by Gasteiger charge is 2.28. The number of azide groups is 1. The topological polar surface area (TPSA) is 90.3 Å². The molecule has 1 aliphatic heterocycles. The van der Waals surface area contributed by atoms with Gasteiger partial charge in [-0.05, 0) is 44.4 Å². The average molecular weight is 335 g/mol. The van der Waals surface area contributed by atoms with Crippen molar-refractivity contribution in [3.63, 3.8) is 0 Å². The first kappa shape index (κ1) is 17.9. The lowest BCUT2D eigenvalue weighted by Crippen LogP contribution is -2.40. The number of carbonyl (C=O) groups is 1. The van der Waals surface area contributed by atoms with Crippen molar-refractivity contribution in [3.8, 4) is 0 Å². The maximum atomic E-state index is 14.3. The van der Waals surface area contributed by atoms with Gasteiger partial charge in [0.2, 0.25) is 0 Å². The number of ether oxygens (including phenoxy) is 1. The molecule has 0 aliphatic carbocycles. The highest BCUT2D eigenvalue weighted by molar-refractivity contribution is 5.68. The fourth-order valence-corrected chi connectivity index (χ4v) is 2.70. The second-order valence-corrected chi connectivity index (χ2v) is 6.71. The molecule has 1 aromatic carbocycles. The van der Waals surface area contributed by atoms with Crippen LogP contribution in [0.1, 0.15) is 32.8 Å². The number of hydrogen-bond donors (Lipinski definition) is 1. The zero-order chi connectivity index (χ0) is 17.7. The van der Waals surface area contributed by atoms with E-state index >= 15 is 0 Å². The number of benzene rings is 1. The summed E-state index contributed by atoms with van der Waals surface area (Å²) in [6.07, 6.45) is 0.214. The molecule has 130 valence electrons. The molecular formula is C16H22FN5O2. The number of anilines is 1. The fraction of sp³-hybridized carbons (Fsp3) is 0.562. The van der Waals surface area contributed by atoms with Crippen molar-refractivity contribution in [1.82, 2.24) is 5.32 Å². The normalized spacial score (nSPS) is 17.3. The van der Waals surface area contributed by atoms with E-state index in [1.165, 1.54) is 6.07 Å². The molecule has 2 rings (SSSR count). The van der Waals surface area contributed by atoms with Crippen LogP contribution in [0.5, 0.6) is 0 Å². The Balaban J connectivity index is 2.05. The number of hydrogen-bond acceptors (Lipinski definition) is 4. The lowest BCUT2D eigenvalue weighted by atomic mass is 10.1. The van der Waals surface area contributed by atoms with Gasteiger partial charge in [-0.3, -0.25) is 0 Å². The monoisotopic (exact) mass is 335 g/mol. The molecule has 0 spiro atoms. The minimum absolute atomic E-state index is 0.0876. The van der Waals surface area contributed by atoms with E-state index < -0.39 is 11.7 Å². The number of nitrogens with one attached hydrogen (secondary N) is 1. The standard InChI is InChI=1S/C16H22FN5O2/c1-16(2,3)24-15(23)20-12-7-8-22(10-12)14-11(9-19-21-18)5-4-6-13(14)17/h4-6,12H,7-10H2,1-3H3,(H,20,23)/t12-/m0/s1. The molecule has 1 N–H and O–H groups in total. The fourth-order valence-electron chi connectivity index (χ4n) is 2.70. The van der Waals surface area contributed by atoms with Gasteiger partial charge in [0, 0.05) is 18.0 Å². The lowest BCUT2D eigenvalue weighted by molar-refractivity contribution is 0.0509. The van der Waals surface area contributed by atoms with Crippen molar-refractivity contribution in [1.29, 1.82) is 0 Å². The molecule has 7 nitrogen and oxygen atoms in total. The van der Waals surface area contributed by atoms with Gasteiger partial charge >= 0.3 is 6.09 Å². The Bertz CT molecular complexity index is 652. The summed E-state index contributed by atoms with van der Waals surface area (Å²) in [6, 6.07) is 4.59. The summed E-state index contributed by atoms with van der Waals surface area (Å²) in [5, 5.41) is 6.33. The smallest absolute Gasteiger partial charge is 0.407 e. The molecule has 0 saturated carbocycles. The van der Waals surface area contributed by atoms with Crippen LogP contribution in [0, 0.1) is 5.82 Å². The zero-order valence-electron chi connectivity index (χ0n) is 14.1. The molecule has 1 aliphatic rings. The molecule has 1 heterocycles. The lowest BCUT2D eigenvalue weighted by Gasteiger charge is -2.24. The van der Waals surface area contributed by atoms with Crippen LogP contribution >= 0.6 is 0 Å². The van der Waals surface area contributed by atoms with Crippen LogP contribution in [0.25, 0.3) is 10.4 Å². The molecule has 0 radical (unpaired) electrons. The Labute approximate surface area is 140 Å². The van der Waals surface area contributed by atoms with Gasteiger partial charge in [0.15, 0.2) is 0 Å². The molecule has 1 saturated heterocycles. The number of halogens is 1. The van der Waals surface area contributed by atoms with Crippen LogP contribution in [-0.4, -0.2) is 30.8 Å². The first-order chi connectivity index (χ1) is 11.3. The molecule has 1 amide bonds. The quantitative estimate of drug-likeness (QED) is 0.516. The highest BCUT2D eigenvalue weighted by atomic mass is 19.1. The Hall–Kier alpha value is -2.47. The Morgan fingerprint density at radius 1 is 1.54 bits per heavy atom. The maximum Gasteiger partial charge on any atom is 0.407 e. The molecular weight excluding hydrogens is 313 g/mol. The van der Waals surface area contributed by atoms with E-state index in [0.717, 1.165) is 0 Å². The van der Waals surface area contributed by atoms with Crippen molar-refractivity contribution in [3.05, 3.63) is 40.0 Å². The van der Waals surface area contributed by atoms with Gasteiger partial charge in [-0.1, -0.05) is 17.2 Å². The summed E-state index contributed by atoms with van der Waals surface area (Å²) in [5.74, 6) is -0.362. The summed E-state index contributed by atoms with van der Waals surface area (Å²) in [6.45, 7) is 6.57. The Morgan fingerprint density at radius 2 is 2.29 bits per heavy atom. The molecule has 24 heavy (non-hydrogen) atoms. The van der Waals surface area contributed by atoms with E-state index in [1.807, 2.05) is 4.90 Å². The number of alkyl carbamates (subject to hydrolysis) is 1. The number of rotatable bonds is 4. The van der Waals surface area contributed by atoms with Gasteiger partial charge in [-0.2, -0.15) is 0 Å². The summed E-state index contributed by atoms with van der Waals surface area (Å²) < 4.78 is 19.5. The SMILES string of the molecule is CC(C)(C)OC(=O)N[C@H]1CCN(c2c(F)cccc2CN=[N+]=[N-])C1. The first-order valence-electron chi connectivity index (χ1n) is 7.83. The predicted octanol–water partition coefficient (Wildman–Crippen LogP) is 3.74. The summed E-state index contributed by atoms with van der Waals surface area (Å²) in [7, 11) is 0. The highest BCUT2D eigenvalue weighted by Crippen LogP contribution is 2.28. The minimum Gasteiger partial charge on any atom is -0.444 e. The van der Waals surface area contributed by atoms with Crippen LogP contribution in [0.4, 0.5) is 14.9 Å². The van der Waals surface area contributed by atoms with Crippen LogP contribution in [0.2, 0.25) is 0 Å². The average Bonchev–Trinajstić information content (AvgIpc) is 2.90. The summed E-state index contributed by atoms with van der Waals surface area (Å²) in [4.78, 5) is 16.4. The van der Waals surface area contributed by atoms with Crippen molar-refractivity contribution < 1.29 is 13.9 Å². The third-order valence-corrected chi connectivity index (χ3v) is 3.60. The number of carbonyl (C=O) groups excluding carboxylic acids is 1. The van der Waals surface area contributed by atoms with Crippen molar-refractivity contribution >= 4 is 11.8 Å². The third kappa shape index (κ3) is 4.76. The first-order valence-corrected chi connectivity index (χ1v) is 7.83. The van der Waals surface area contributed by atoms with E-state index in [1.54, 1.807) is 32.9 Å². The van der Waals surface area contributed by atoms with Gasteiger partial charge in [0.05, 0.1) is 18.3 Å². The van der Waals surface area contributed by atoms with E-state index in [2.05, 4.69) is 15.3 Å². The Kier molecular flexibility index (Phi) is 5.51. The number of para-hydroxylation sites is 1. The van der Waals surface area contributed by atoms with Crippen LogP contribution < -0.4 is 10.2 Å². The van der Waals surface area contributed by atoms with Gasteiger partial charge in [0.1, 0.15) is 11.4 Å². The van der Waals surface area contributed by atoms with E-state index in [4.69, 9.17) is 10.3 Å². The molecule has 0 aromatic heterocycles. The van der Waals surface area contributed by atoms with Crippen LogP contribution in [0.15, 0.2) is 23.3 Å². The van der Waals surface area contributed by atoms with Crippen LogP contribution in [-0.2, 0) is 11.3 Å². The summed E-state index contributed by atoms with van der Waals surface area (Å²) in [5.41, 5.74) is 8.98. The second-order valence-electron chi connectivity index (χ2n) is 6.71. The third-order valence-electron chi connectivity index (χ3n) is 3.60. The minimum atomic E-state index is -0.559.